The van der Waals surface area contributed by atoms with E-state index in [-0.39, 0.29) is 23.0 Å². The van der Waals surface area contributed by atoms with Crippen LogP contribution < -0.4 is 5.32 Å². The van der Waals surface area contributed by atoms with Crippen molar-refractivity contribution in [3.05, 3.63) is 81.1 Å². The smallest absolute Gasteiger partial charge is 0.343 e. The van der Waals surface area contributed by atoms with Gasteiger partial charge in [-0.1, -0.05) is 53.5 Å². The Morgan fingerprint density at radius 2 is 1.75 bits per heavy atom. The van der Waals surface area contributed by atoms with Crippen LogP contribution in [0.2, 0.25) is 10.2 Å². The van der Waals surface area contributed by atoms with Gasteiger partial charge in [0.1, 0.15) is 10.7 Å². The average Bonchev–Trinajstić information content (AvgIpc) is 3.02. The molecule has 0 fully saturated rings. The molecule has 3 rings (SSSR count). The Balaban J connectivity index is 1.73. The summed E-state index contributed by atoms with van der Waals surface area (Å²) in [5.41, 5.74) is 1.92. The maximum Gasteiger partial charge on any atom is 0.343 e. The van der Waals surface area contributed by atoms with Gasteiger partial charge in [0.25, 0.3) is 5.91 Å². The van der Waals surface area contributed by atoms with Crippen LogP contribution in [-0.4, -0.2) is 33.5 Å². The third-order valence-corrected chi connectivity index (χ3v) is 5.52. The first-order valence-electron chi connectivity index (χ1n) is 9.77. The molecule has 1 amide bonds. The van der Waals surface area contributed by atoms with Gasteiger partial charge in [-0.05, 0) is 44.5 Å². The van der Waals surface area contributed by atoms with Gasteiger partial charge in [-0.2, -0.15) is 5.10 Å². The van der Waals surface area contributed by atoms with Gasteiger partial charge in [0, 0.05) is 10.6 Å². The van der Waals surface area contributed by atoms with Crippen molar-refractivity contribution in [2.75, 3.05) is 5.32 Å². The minimum atomic E-state index is -1.13. The highest BCUT2D eigenvalue weighted by atomic mass is 35.5. The lowest BCUT2D eigenvalue weighted by Crippen LogP contribution is -2.30. The number of amides is 1. The van der Waals surface area contributed by atoms with E-state index in [0.29, 0.717) is 22.0 Å². The SMILES string of the molecule is CC(=O)c1ccccc1NC(=O)C(C)OC(=O)c1c(C)nn(Cc2ccccc2Cl)c1Cl. The molecule has 7 nitrogen and oxygen atoms in total. The fourth-order valence-electron chi connectivity index (χ4n) is 3.08. The quantitative estimate of drug-likeness (QED) is 0.387. The van der Waals surface area contributed by atoms with Crippen molar-refractivity contribution in [1.29, 1.82) is 0 Å². The van der Waals surface area contributed by atoms with Crippen molar-refractivity contribution in [2.24, 2.45) is 0 Å². The number of aryl methyl sites for hydroxylation is 1. The van der Waals surface area contributed by atoms with Crippen molar-refractivity contribution in [2.45, 2.75) is 33.4 Å². The van der Waals surface area contributed by atoms with Crippen molar-refractivity contribution >= 4 is 46.5 Å². The number of ether oxygens (including phenoxy) is 1. The van der Waals surface area contributed by atoms with Gasteiger partial charge in [-0.3, -0.25) is 9.59 Å². The van der Waals surface area contributed by atoms with Crippen LogP contribution in [0.4, 0.5) is 5.69 Å². The number of hydrogen-bond donors (Lipinski definition) is 1. The summed E-state index contributed by atoms with van der Waals surface area (Å²) in [7, 11) is 0. The lowest BCUT2D eigenvalue weighted by Gasteiger charge is -2.15. The zero-order chi connectivity index (χ0) is 23.4. The lowest BCUT2D eigenvalue weighted by atomic mass is 10.1. The number of esters is 1. The highest BCUT2D eigenvalue weighted by Gasteiger charge is 2.26. The molecule has 3 aromatic rings. The van der Waals surface area contributed by atoms with Crippen LogP contribution in [0.5, 0.6) is 0 Å². The van der Waals surface area contributed by atoms with Gasteiger partial charge in [0.05, 0.1) is 17.9 Å². The number of hydrogen-bond acceptors (Lipinski definition) is 5. The highest BCUT2D eigenvalue weighted by molar-refractivity contribution is 6.33. The van der Waals surface area contributed by atoms with Crippen LogP contribution in [-0.2, 0) is 16.1 Å². The zero-order valence-electron chi connectivity index (χ0n) is 17.7. The molecule has 2 aromatic carbocycles. The molecule has 0 aliphatic carbocycles. The van der Waals surface area contributed by atoms with E-state index in [9.17, 15) is 14.4 Å². The van der Waals surface area contributed by atoms with Crippen LogP contribution in [0, 0.1) is 6.92 Å². The number of halogens is 2. The standard InChI is InChI=1S/C23H21Cl2N3O4/c1-13-20(21(25)28(27-13)12-16-8-4-6-10-18(16)24)23(31)32-15(3)22(30)26-19-11-7-5-9-17(19)14(2)29/h4-11,15H,12H2,1-3H3,(H,26,30). The van der Waals surface area contributed by atoms with Crippen molar-refractivity contribution < 1.29 is 19.1 Å². The number of rotatable bonds is 7. The number of benzene rings is 2. The Bertz CT molecular complexity index is 1190. The molecular weight excluding hydrogens is 453 g/mol. The number of nitrogens with one attached hydrogen (secondary N) is 1. The lowest BCUT2D eigenvalue weighted by molar-refractivity contribution is -0.123. The molecule has 32 heavy (non-hydrogen) atoms. The van der Waals surface area contributed by atoms with Gasteiger partial charge in [0.15, 0.2) is 11.9 Å². The Labute approximate surface area is 195 Å². The summed E-state index contributed by atoms with van der Waals surface area (Å²) in [6, 6.07) is 13.8. The van der Waals surface area contributed by atoms with Crippen molar-refractivity contribution in [1.82, 2.24) is 9.78 Å². The second-order valence-electron chi connectivity index (χ2n) is 7.14. The zero-order valence-corrected chi connectivity index (χ0v) is 19.2. The number of nitrogens with zero attached hydrogens (tertiary/aromatic N) is 2. The van der Waals surface area contributed by atoms with Gasteiger partial charge < -0.3 is 10.1 Å². The number of ketones is 1. The van der Waals surface area contributed by atoms with Crippen molar-refractivity contribution in [3.63, 3.8) is 0 Å². The van der Waals surface area contributed by atoms with Crippen LogP contribution in [0.15, 0.2) is 48.5 Å². The van der Waals surface area contributed by atoms with E-state index in [1.54, 1.807) is 37.3 Å². The van der Waals surface area contributed by atoms with Crippen LogP contribution >= 0.6 is 23.2 Å². The number of para-hydroxylation sites is 1. The Morgan fingerprint density at radius 3 is 2.44 bits per heavy atom. The summed E-state index contributed by atoms with van der Waals surface area (Å²) >= 11 is 12.6. The molecule has 0 bridgehead atoms. The molecule has 9 heteroatoms. The first-order valence-corrected chi connectivity index (χ1v) is 10.5. The molecule has 0 saturated heterocycles. The van der Waals surface area contributed by atoms with Gasteiger partial charge in [0.2, 0.25) is 0 Å². The predicted octanol–water partition coefficient (Wildman–Crippen LogP) is 4.93. The largest absolute Gasteiger partial charge is 0.449 e. The number of carbonyl (C=O) groups excluding carboxylic acids is 3. The Morgan fingerprint density at radius 1 is 1.09 bits per heavy atom. The maximum absolute atomic E-state index is 12.7. The molecule has 1 unspecified atom stereocenters. The normalized spacial score (nSPS) is 11.7. The van der Waals surface area contributed by atoms with Crippen LogP contribution in [0.25, 0.3) is 0 Å². The van der Waals surface area contributed by atoms with E-state index in [1.165, 1.54) is 18.5 Å². The molecule has 0 saturated carbocycles. The molecular formula is C23H21Cl2N3O4. The number of anilines is 1. The molecule has 166 valence electrons. The first-order chi connectivity index (χ1) is 15.2. The molecule has 0 spiro atoms. The van der Waals surface area contributed by atoms with E-state index < -0.39 is 18.0 Å². The van der Waals surface area contributed by atoms with Crippen molar-refractivity contribution in [3.8, 4) is 0 Å². The van der Waals surface area contributed by atoms with Gasteiger partial charge >= 0.3 is 5.97 Å². The first kappa shape index (κ1) is 23.5. The fraction of sp³-hybridized carbons (Fsp3) is 0.217. The van der Waals surface area contributed by atoms with E-state index in [4.69, 9.17) is 27.9 Å². The van der Waals surface area contributed by atoms with Gasteiger partial charge in [-0.25, -0.2) is 9.48 Å². The molecule has 1 atom stereocenters. The molecule has 1 aromatic heterocycles. The summed E-state index contributed by atoms with van der Waals surface area (Å²) in [6.07, 6.45) is -1.13. The number of Topliss-reactive ketones (excluding diaryl/α,β-unsaturated/α-hetero) is 1. The van der Waals surface area contributed by atoms with E-state index in [1.807, 2.05) is 18.2 Å². The second-order valence-corrected chi connectivity index (χ2v) is 7.90. The number of aromatic nitrogens is 2. The van der Waals surface area contributed by atoms with E-state index in [2.05, 4.69) is 10.4 Å². The minimum Gasteiger partial charge on any atom is -0.449 e. The van der Waals surface area contributed by atoms with E-state index in [0.717, 1.165) is 5.56 Å². The predicted molar refractivity (Wildman–Crippen MR) is 122 cm³/mol. The third-order valence-electron chi connectivity index (χ3n) is 4.76. The topological polar surface area (TPSA) is 90.3 Å². The highest BCUT2D eigenvalue weighted by Crippen LogP contribution is 2.24. The minimum absolute atomic E-state index is 0.0718. The average molecular weight is 474 g/mol. The van der Waals surface area contributed by atoms with Crippen LogP contribution in [0.1, 0.15) is 45.8 Å². The number of carbonyl (C=O) groups is 3. The van der Waals surface area contributed by atoms with Crippen LogP contribution in [0.3, 0.4) is 0 Å². The maximum atomic E-state index is 12.7. The Hall–Kier alpha value is -3.16. The molecule has 1 heterocycles. The summed E-state index contributed by atoms with van der Waals surface area (Å²) in [5.74, 6) is -1.55. The molecule has 0 aliphatic heterocycles. The molecule has 1 N–H and O–H groups in total. The van der Waals surface area contributed by atoms with E-state index >= 15 is 0 Å². The van der Waals surface area contributed by atoms with Gasteiger partial charge in [-0.15, -0.1) is 0 Å². The fourth-order valence-corrected chi connectivity index (χ4v) is 3.59. The summed E-state index contributed by atoms with van der Waals surface area (Å²) in [6.45, 7) is 4.73. The summed E-state index contributed by atoms with van der Waals surface area (Å²) in [4.78, 5) is 37.0. The summed E-state index contributed by atoms with van der Waals surface area (Å²) < 4.78 is 6.77. The second kappa shape index (κ2) is 9.97. The molecule has 0 aliphatic rings. The summed E-state index contributed by atoms with van der Waals surface area (Å²) in [5, 5.41) is 7.56. The monoisotopic (exact) mass is 473 g/mol. The third kappa shape index (κ3) is 5.18. The Kier molecular flexibility index (Phi) is 7.33. The molecule has 0 radical (unpaired) electrons.